The van der Waals surface area contributed by atoms with Crippen LogP contribution in [0.2, 0.25) is 0 Å². The number of carbonyl (C=O) groups is 1. The monoisotopic (exact) mass is 281 g/mol. The van der Waals surface area contributed by atoms with Gasteiger partial charge in [0, 0.05) is 11.6 Å². The van der Waals surface area contributed by atoms with Crippen molar-refractivity contribution >= 4 is 23.1 Å². The fourth-order valence-corrected chi connectivity index (χ4v) is 2.52. The Labute approximate surface area is 119 Å². The van der Waals surface area contributed by atoms with Crippen LogP contribution in [-0.4, -0.2) is 29.9 Å². The van der Waals surface area contributed by atoms with Gasteiger partial charge in [0.15, 0.2) is 5.78 Å². The van der Waals surface area contributed by atoms with Crippen molar-refractivity contribution in [1.29, 1.82) is 0 Å². The first-order valence-electron chi connectivity index (χ1n) is 6.53. The minimum absolute atomic E-state index is 0.00676. The molecule has 0 aliphatic carbocycles. The van der Waals surface area contributed by atoms with Crippen LogP contribution in [-0.2, 0) is 0 Å². The molecule has 1 aliphatic heterocycles. The van der Waals surface area contributed by atoms with E-state index >= 15 is 0 Å². The normalized spacial score (nSPS) is 17.1. The Morgan fingerprint density at radius 1 is 1.47 bits per heavy atom. The van der Waals surface area contributed by atoms with Crippen LogP contribution in [0.5, 0.6) is 5.75 Å². The summed E-state index contributed by atoms with van der Waals surface area (Å²) in [4.78, 5) is 14.0. The number of rotatable bonds is 3. The van der Waals surface area contributed by atoms with Gasteiger partial charge in [-0.05, 0) is 45.9 Å². The molecule has 1 aromatic rings. The molecule has 0 radical (unpaired) electrons. The summed E-state index contributed by atoms with van der Waals surface area (Å²) >= 11 is 5.62. The van der Waals surface area contributed by atoms with Gasteiger partial charge in [-0.3, -0.25) is 4.79 Å². The van der Waals surface area contributed by atoms with Crippen LogP contribution in [0.25, 0.3) is 0 Å². The smallest absolute Gasteiger partial charge is 0.177 e. The van der Waals surface area contributed by atoms with E-state index in [1.807, 2.05) is 12.1 Å². The van der Waals surface area contributed by atoms with Crippen LogP contribution in [0.3, 0.4) is 0 Å². The molecule has 0 spiro atoms. The molecule has 0 N–H and O–H groups in total. The van der Waals surface area contributed by atoms with Crippen LogP contribution >= 0.6 is 11.6 Å². The Morgan fingerprint density at radius 3 is 2.74 bits per heavy atom. The van der Waals surface area contributed by atoms with Gasteiger partial charge >= 0.3 is 0 Å². The lowest BCUT2D eigenvalue weighted by Crippen LogP contribution is -2.49. The van der Waals surface area contributed by atoms with Crippen LogP contribution in [0, 0.1) is 0 Å². The highest BCUT2D eigenvalue weighted by Gasteiger charge is 2.33. The first kappa shape index (κ1) is 14.2. The molecule has 0 aromatic heterocycles. The minimum atomic E-state index is -0.227. The van der Waals surface area contributed by atoms with Gasteiger partial charge in [-0.1, -0.05) is 0 Å². The summed E-state index contributed by atoms with van der Waals surface area (Å²) in [5, 5.41) is 0. The number of anilines is 1. The molecule has 0 fully saturated rings. The van der Waals surface area contributed by atoms with Gasteiger partial charge in [-0.2, -0.15) is 0 Å². The SMILES string of the molecule is CC(C)N1CC(C)(C)Oc2ccc(C(=O)CCl)cc21. The average molecular weight is 282 g/mol. The number of nitrogens with zero attached hydrogens (tertiary/aromatic N) is 1. The van der Waals surface area contributed by atoms with Crippen molar-refractivity contribution in [3.05, 3.63) is 23.8 Å². The molecule has 19 heavy (non-hydrogen) atoms. The van der Waals surface area contributed by atoms with Crippen molar-refractivity contribution in [2.24, 2.45) is 0 Å². The van der Waals surface area contributed by atoms with Gasteiger partial charge in [-0.15, -0.1) is 11.6 Å². The highest BCUT2D eigenvalue weighted by Crippen LogP contribution is 2.38. The Bertz CT molecular complexity index is 497. The van der Waals surface area contributed by atoms with E-state index in [0.29, 0.717) is 11.6 Å². The maximum absolute atomic E-state index is 11.7. The van der Waals surface area contributed by atoms with Gasteiger partial charge in [0.2, 0.25) is 0 Å². The van der Waals surface area contributed by atoms with E-state index in [9.17, 15) is 4.79 Å². The summed E-state index contributed by atoms with van der Waals surface area (Å²) in [6.07, 6.45) is 0. The Balaban J connectivity index is 2.46. The predicted octanol–water partition coefficient (Wildman–Crippen LogP) is 3.49. The summed E-state index contributed by atoms with van der Waals surface area (Å²) in [6, 6.07) is 5.88. The Kier molecular flexibility index (Phi) is 3.77. The maximum atomic E-state index is 11.7. The molecular weight excluding hydrogens is 262 g/mol. The van der Waals surface area contributed by atoms with Crippen LogP contribution in [0.1, 0.15) is 38.1 Å². The van der Waals surface area contributed by atoms with E-state index < -0.39 is 0 Å². The third kappa shape index (κ3) is 2.86. The summed E-state index contributed by atoms with van der Waals surface area (Å²) in [6.45, 7) is 9.23. The molecule has 0 saturated carbocycles. The fraction of sp³-hybridized carbons (Fsp3) is 0.533. The van der Waals surface area contributed by atoms with E-state index in [-0.39, 0.29) is 17.3 Å². The lowest BCUT2D eigenvalue weighted by Gasteiger charge is -2.43. The van der Waals surface area contributed by atoms with Crippen LogP contribution in [0.15, 0.2) is 18.2 Å². The molecule has 4 heteroatoms. The van der Waals surface area contributed by atoms with E-state index in [0.717, 1.165) is 18.0 Å². The third-order valence-electron chi connectivity index (χ3n) is 3.27. The van der Waals surface area contributed by atoms with Crippen molar-refractivity contribution in [3.63, 3.8) is 0 Å². The van der Waals surface area contributed by atoms with Crippen molar-refractivity contribution in [2.45, 2.75) is 39.3 Å². The minimum Gasteiger partial charge on any atom is -0.484 e. The summed E-state index contributed by atoms with van der Waals surface area (Å²) in [7, 11) is 0. The number of ketones is 1. The zero-order valence-corrected chi connectivity index (χ0v) is 12.6. The van der Waals surface area contributed by atoms with Crippen LogP contribution < -0.4 is 9.64 Å². The molecule has 0 bridgehead atoms. The second kappa shape index (κ2) is 5.04. The summed E-state index contributed by atoms with van der Waals surface area (Å²) in [5.74, 6) is 0.779. The van der Waals surface area contributed by atoms with E-state index in [2.05, 4.69) is 32.6 Å². The number of benzene rings is 1. The zero-order valence-electron chi connectivity index (χ0n) is 11.9. The summed E-state index contributed by atoms with van der Waals surface area (Å²) < 4.78 is 5.98. The molecule has 1 heterocycles. The quantitative estimate of drug-likeness (QED) is 0.627. The molecular formula is C15H20ClNO2. The highest BCUT2D eigenvalue weighted by molar-refractivity contribution is 6.30. The fourth-order valence-electron chi connectivity index (χ4n) is 2.36. The van der Waals surface area contributed by atoms with Gasteiger partial charge in [0.05, 0.1) is 18.1 Å². The van der Waals surface area contributed by atoms with Crippen LogP contribution in [0.4, 0.5) is 5.69 Å². The van der Waals surface area contributed by atoms with E-state index in [4.69, 9.17) is 16.3 Å². The topological polar surface area (TPSA) is 29.5 Å². The second-order valence-electron chi connectivity index (χ2n) is 5.82. The van der Waals surface area contributed by atoms with Gasteiger partial charge in [-0.25, -0.2) is 0 Å². The maximum Gasteiger partial charge on any atom is 0.177 e. The van der Waals surface area contributed by atoms with Crippen molar-refractivity contribution < 1.29 is 9.53 Å². The average Bonchev–Trinajstić information content (AvgIpc) is 2.35. The lowest BCUT2D eigenvalue weighted by atomic mass is 10.0. The molecule has 2 rings (SSSR count). The van der Waals surface area contributed by atoms with Gasteiger partial charge < -0.3 is 9.64 Å². The third-order valence-corrected chi connectivity index (χ3v) is 3.52. The second-order valence-corrected chi connectivity index (χ2v) is 6.09. The zero-order chi connectivity index (χ0) is 14.2. The number of Topliss-reactive ketones (excluding diaryl/α,β-unsaturated/α-hetero) is 1. The Hall–Kier alpha value is -1.22. The van der Waals surface area contributed by atoms with Crippen molar-refractivity contribution in [1.82, 2.24) is 0 Å². The molecule has 0 saturated heterocycles. The molecule has 1 aromatic carbocycles. The number of alkyl halides is 1. The number of hydrogen-bond acceptors (Lipinski definition) is 3. The Morgan fingerprint density at radius 2 is 2.16 bits per heavy atom. The van der Waals surface area contributed by atoms with E-state index in [1.54, 1.807) is 6.07 Å². The van der Waals surface area contributed by atoms with E-state index in [1.165, 1.54) is 0 Å². The number of hydrogen-bond donors (Lipinski definition) is 0. The lowest BCUT2D eigenvalue weighted by molar-refractivity contribution is 0.101. The van der Waals surface area contributed by atoms with Crippen molar-refractivity contribution in [3.8, 4) is 5.75 Å². The highest BCUT2D eigenvalue weighted by atomic mass is 35.5. The molecule has 0 atom stereocenters. The predicted molar refractivity (Wildman–Crippen MR) is 78.7 cm³/mol. The standard InChI is InChI=1S/C15H20ClNO2/c1-10(2)17-9-15(3,4)19-14-6-5-11(7-12(14)17)13(18)8-16/h5-7,10H,8-9H2,1-4H3. The number of fused-ring (bicyclic) bond motifs is 1. The number of halogens is 1. The molecule has 0 amide bonds. The number of ether oxygens (including phenoxy) is 1. The first-order chi connectivity index (χ1) is 8.84. The molecule has 1 aliphatic rings. The van der Waals surface area contributed by atoms with Crippen molar-refractivity contribution in [2.75, 3.05) is 17.3 Å². The number of carbonyl (C=O) groups excluding carboxylic acids is 1. The molecule has 0 unspecified atom stereocenters. The molecule has 3 nitrogen and oxygen atoms in total. The van der Waals surface area contributed by atoms with Gasteiger partial charge in [0.25, 0.3) is 0 Å². The largest absolute Gasteiger partial charge is 0.484 e. The summed E-state index contributed by atoms with van der Waals surface area (Å²) in [5.41, 5.74) is 1.39. The molecule has 104 valence electrons. The van der Waals surface area contributed by atoms with Gasteiger partial charge in [0.1, 0.15) is 11.4 Å². The first-order valence-corrected chi connectivity index (χ1v) is 7.06.